The molecule has 8 nitrogen and oxygen atoms in total. The zero-order valence-electron chi connectivity index (χ0n) is 19.4. The third-order valence-electron chi connectivity index (χ3n) is 5.73. The summed E-state index contributed by atoms with van der Waals surface area (Å²) in [5.41, 5.74) is -0.915. The van der Waals surface area contributed by atoms with Crippen molar-refractivity contribution in [2.24, 2.45) is 5.92 Å². The van der Waals surface area contributed by atoms with Crippen LogP contribution in [0, 0.1) is 17.6 Å². The molecule has 35 heavy (non-hydrogen) atoms. The lowest BCUT2D eigenvalue weighted by Crippen LogP contribution is -2.55. The van der Waals surface area contributed by atoms with Crippen LogP contribution in [0.2, 0.25) is 0 Å². The van der Waals surface area contributed by atoms with Gasteiger partial charge in [-0.3, -0.25) is 14.4 Å². The van der Waals surface area contributed by atoms with Crippen LogP contribution in [0.25, 0.3) is 11.1 Å². The summed E-state index contributed by atoms with van der Waals surface area (Å²) in [4.78, 5) is 38.4. The van der Waals surface area contributed by atoms with E-state index in [1.807, 2.05) is 13.8 Å². The van der Waals surface area contributed by atoms with Gasteiger partial charge in [-0.1, -0.05) is 26.0 Å². The van der Waals surface area contributed by atoms with E-state index in [9.17, 15) is 33.4 Å². The summed E-state index contributed by atoms with van der Waals surface area (Å²) in [5.74, 6) is -3.13. The second-order valence-corrected chi connectivity index (χ2v) is 8.91. The molecule has 4 N–H and O–H groups in total. The summed E-state index contributed by atoms with van der Waals surface area (Å²) in [6.45, 7) is 2.48. The lowest BCUT2D eigenvalue weighted by Gasteiger charge is -2.24. The van der Waals surface area contributed by atoms with Crippen molar-refractivity contribution in [3.63, 3.8) is 0 Å². The number of aliphatic hydroxyl groups excluding tert-OH is 2. The van der Waals surface area contributed by atoms with Crippen molar-refractivity contribution in [1.82, 2.24) is 10.6 Å². The minimum atomic E-state index is -1.39. The van der Waals surface area contributed by atoms with E-state index >= 15 is 0 Å². The lowest BCUT2D eigenvalue weighted by atomic mass is 9.92. The molecule has 2 aromatic carbocycles. The van der Waals surface area contributed by atoms with E-state index in [1.54, 1.807) is 0 Å². The summed E-state index contributed by atoms with van der Waals surface area (Å²) in [5, 5.41) is 24.1. The zero-order valence-corrected chi connectivity index (χ0v) is 19.4. The van der Waals surface area contributed by atoms with E-state index in [2.05, 4.69) is 10.6 Å². The molecule has 0 aliphatic carbocycles. The van der Waals surface area contributed by atoms with Crippen molar-refractivity contribution in [3.05, 3.63) is 59.7 Å². The maximum absolute atomic E-state index is 14.3. The highest BCUT2D eigenvalue weighted by molar-refractivity contribution is 6.00. The summed E-state index contributed by atoms with van der Waals surface area (Å²) >= 11 is 0. The van der Waals surface area contributed by atoms with Gasteiger partial charge in [-0.05, 0) is 48.2 Å². The quantitative estimate of drug-likeness (QED) is 0.354. The van der Waals surface area contributed by atoms with Gasteiger partial charge in [0.25, 0.3) is 5.91 Å². The SMILES string of the molecule is CC(C)CC(NC(=O)C(CO)NC(=O)c1ccc(F)c(-c2ccc(F)cc2)c1)C(=O)C1(CO)CO1. The number of hydrogen-bond donors (Lipinski definition) is 4. The first-order chi connectivity index (χ1) is 16.6. The minimum Gasteiger partial charge on any atom is -0.394 e. The molecule has 0 saturated carbocycles. The van der Waals surface area contributed by atoms with Crippen LogP contribution in [0.4, 0.5) is 8.78 Å². The van der Waals surface area contributed by atoms with Gasteiger partial charge < -0.3 is 25.6 Å². The van der Waals surface area contributed by atoms with Crippen molar-refractivity contribution >= 4 is 17.6 Å². The highest BCUT2D eigenvalue weighted by atomic mass is 19.1. The van der Waals surface area contributed by atoms with Crippen LogP contribution in [-0.2, 0) is 14.3 Å². The molecule has 1 saturated heterocycles. The van der Waals surface area contributed by atoms with Gasteiger partial charge in [-0.2, -0.15) is 0 Å². The van der Waals surface area contributed by atoms with Gasteiger partial charge in [0, 0.05) is 11.1 Å². The van der Waals surface area contributed by atoms with Gasteiger partial charge >= 0.3 is 0 Å². The third kappa shape index (κ3) is 6.27. The number of ketones is 1. The van der Waals surface area contributed by atoms with Crippen LogP contribution in [-0.4, -0.2) is 65.3 Å². The number of carbonyl (C=O) groups excluding carboxylic acids is 3. The molecule has 1 aliphatic rings. The van der Waals surface area contributed by atoms with E-state index in [1.165, 1.54) is 24.3 Å². The van der Waals surface area contributed by atoms with E-state index in [-0.39, 0.29) is 30.1 Å². The van der Waals surface area contributed by atoms with Crippen LogP contribution < -0.4 is 10.6 Å². The lowest BCUT2D eigenvalue weighted by molar-refractivity contribution is -0.133. The number of ether oxygens (including phenoxy) is 1. The van der Waals surface area contributed by atoms with Crippen molar-refractivity contribution in [3.8, 4) is 11.1 Å². The summed E-state index contributed by atoms with van der Waals surface area (Å²) in [6, 6.07) is 6.22. The fourth-order valence-electron chi connectivity index (χ4n) is 3.64. The second-order valence-electron chi connectivity index (χ2n) is 8.91. The summed E-state index contributed by atoms with van der Waals surface area (Å²) in [6.07, 6.45) is 0.265. The van der Waals surface area contributed by atoms with Crippen LogP contribution in [0.1, 0.15) is 30.6 Å². The zero-order chi connectivity index (χ0) is 25.8. The first kappa shape index (κ1) is 26.4. The standard InChI is InChI=1S/C25H28F2N2O6/c1-14(2)9-20(22(32)25(12-31)13-35-25)28-24(34)21(11-30)29-23(33)16-5-8-19(27)18(10-16)15-3-6-17(26)7-4-15/h3-8,10,14,20-21,30-31H,9,11-13H2,1-2H3,(H,28,34)(H,29,33). The number of Topliss-reactive ketones (excluding diaryl/α,β-unsaturated/α-hetero) is 1. The highest BCUT2D eigenvalue weighted by Gasteiger charge is 2.54. The molecular weight excluding hydrogens is 462 g/mol. The van der Waals surface area contributed by atoms with Crippen molar-refractivity contribution < 1.29 is 38.1 Å². The van der Waals surface area contributed by atoms with Crippen molar-refractivity contribution in [1.29, 1.82) is 0 Å². The molecule has 2 aromatic rings. The molecule has 0 radical (unpaired) electrons. The fraction of sp³-hybridized carbons (Fsp3) is 0.400. The number of rotatable bonds is 11. The Morgan fingerprint density at radius 1 is 1.03 bits per heavy atom. The Labute approximate surface area is 201 Å². The van der Waals surface area contributed by atoms with Crippen LogP contribution in [0.5, 0.6) is 0 Å². The average Bonchev–Trinajstić information content (AvgIpc) is 3.63. The maximum Gasteiger partial charge on any atom is 0.252 e. The Balaban J connectivity index is 1.73. The highest BCUT2D eigenvalue weighted by Crippen LogP contribution is 2.30. The molecule has 0 spiro atoms. The second kappa shape index (κ2) is 11.0. The largest absolute Gasteiger partial charge is 0.394 e. The van der Waals surface area contributed by atoms with Crippen LogP contribution >= 0.6 is 0 Å². The maximum atomic E-state index is 14.3. The van der Waals surface area contributed by atoms with Gasteiger partial charge in [0.05, 0.1) is 25.9 Å². The van der Waals surface area contributed by atoms with Gasteiger partial charge in [-0.25, -0.2) is 8.78 Å². The van der Waals surface area contributed by atoms with Gasteiger partial charge in [0.2, 0.25) is 5.91 Å². The van der Waals surface area contributed by atoms with E-state index < -0.39 is 60.1 Å². The normalized spacial score (nSPS) is 18.6. The number of aliphatic hydroxyl groups is 2. The van der Waals surface area contributed by atoms with Crippen molar-refractivity contribution in [2.45, 2.75) is 38.0 Å². The molecule has 1 heterocycles. The number of halogens is 2. The molecule has 2 amide bonds. The molecule has 1 aliphatic heterocycles. The monoisotopic (exact) mass is 490 g/mol. The predicted octanol–water partition coefficient (Wildman–Crippen LogP) is 1.58. The van der Waals surface area contributed by atoms with Gasteiger partial charge in [-0.15, -0.1) is 0 Å². The number of epoxide rings is 1. The molecule has 188 valence electrons. The Morgan fingerprint density at radius 3 is 2.23 bits per heavy atom. The first-order valence-corrected chi connectivity index (χ1v) is 11.2. The predicted molar refractivity (Wildman–Crippen MR) is 122 cm³/mol. The van der Waals surface area contributed by atoms with Crippen molar-refractivity contribution in [2.75, 3.05) is 19.8 Å². The van der Waals surface area contributed by atoms with E-state index in [0.29, 0.717) is 5.56 Å². The molecule has 0 aromatic heterocycles. The number of amides is 2. The Morgan fingerprint density at radius 2 is 1.69 bits per heavy atom. The van der Waals surface area contributed by atoms with Gasteiger partial charge in [0.1, 0.15) is 17.7 Å². The number of carbonyl (C=O) groups is 3. The van der Waals surface area contributed by atoms with Crippen LogP contribution in [0.3, 0.4) is 0 Å². The van der Waals surface area contributed by atoms with E-state index in [4.69, 9.17) is 4.74 Å². The van der Waals surface area contributed by atoms with Crippen LogP contribution in [0.15, 0.2) is 42.5 Å². The molecule has 1 fully saturated rings. The molecular formula is C25H28F2N2O6. The summed E-state index contributed by atoms with van der Waals surface area (Å²) < 4.78 is 32.7. The molecule has 10 heteroatoms. The topological polar surface area (TPSA) is 128 Å². The molecule has 0 bridgehead atoms. The number of nitrogens with one attached hydrogen (secondary N) is 2. The summed E-state index contributed by atoms with van der Waals surface area (Å²) in [7, 11) is 0. The molecule has 3 atom stereocenters. The minimum absolute atomic E-state index is 0.0115. The average molecular weight is 491 g/mol. The number of benzene rings is 2. The Hall–Kier alpha value is -3.21. The fourth-order valence-corrected chi connectivity index (χ4v) is 3.64. The smallest absolute Gasteiger partial charge is 0.252 e. The molecule has 3 unspecified atom stereocenters. The molecule has 3 rings (SSSR count). The Kier molecular flexibility index (Phi) is 8.31. The Bertz CT molecular complexity index is 1090. The third-order valence-corrected chi connectivity index (χ3v) is 5.73. The number of hydrogen-bond acceptors (Lipinski definition) is 6. The first-order valence-electron chi connectivity index (χ1n) is 11.2. The van der Waals surface area contributed by atoms with Gasteiger partial charge in [0.15, 0.2) is 11.4 Å². The van der Waals surface area contributed by atoms with E-state index in [0.717, 1.165) is 18.2 Å².